The minimum absolute atomic E-state index is 0.184. The monoisotopic (exact) mass is 209 g/mol. The van der Waals surface area contributed by atoms with Gasteiger partial charge in [0.25, 0.3) is 0 Å². The van der Waals surface area contributed by atoms with Crippen LogP contribution in [0.3, 0.4) is 0 Å². The lowest BCUT2D eigenvalue weighted by Gasteiger charge is -2.28. The molecule has 0 aliphatic carbocycles. The predicted molar refractivity (Wildman–Crippen MR) is 58.2 cm³/mol. The lowest BCUT2D eigenvalue weighted by atomic mass is 10.1. The first kappa shape index (κ1) is 10.6. The van der Waals surface area contributed by atoms with Gasteiger partial charge in [-0.3, -0.25) is 9.58 Å². The number of aryl methyl sites for hydroxylation is 1. The molecule has 2 heterocycles. The summed E-state index contributed by atoms with van der Waals surface area (Å²) < 4.78 is 1.74. The van der Waals surface area contributed by atoms with Crippen LogP contribution < -0.4 is 5.73 Å². The summed E-state index contributed by atoms with van der Waals surface area (Å²) in [6.45, 7) is 5.45. The fourth-order valence-electron chi connectivity index (χ4n) is 2.31. The Hall–Kier alpha value is -0.940. The van der Waals surface area contributed by atoms with Crippen LogP contribution in [0.25, 0.3) is 0 Å². The second-order valence-electron chi connectivity index (χ2n) is 4.55. The average molecular weight is 209 g/mol. The van der Waals surface area contributed by atoms with Crippen molar-refractivity contribution in [3.8, 4) is 0 Å². The van der Waals surface area contributed by atoms with E-state index >= 15 is 0 Å². The fraction of sp³-hybridized carbons (Fsp3) is 0.800. The highest BCUT2D eigenvalue weighted by Crippen LogP contribution is 2.31. The van der Waals surface area contributed by atoms with Crippen LogP contribution in [-0.2, 0) is 7.05 Å². The molecule has 1 fully saturated rings. The van der Waals surface area contributed by atoms with E-state index in [0.29, 0.717) is 6.04 Å². The number of hydrogen-bond donors (Lipinski definition) is 1. The van der Waals surface area contributed by atoms with E-state index < -0.39 is 0 Å². The van der Waals surface area contributed by atoms with Crippen molar-refractivity contribution in [2.24, 2.45) is 12.8 Å². The molecule has 5 nitrogen and oxygen atoms in total. The molecular formula is C10H19N5. The second kappa shape index (κ2) is 3.90. The van der Waals surface area contributed by atoms with Crippen molar-refractivity contribution in [2.45, 2.75) is 38.4 Å². The zero-order valence-corrected chi connectivity index (χ0v) is 9.59. The van der Waals surface area contributed by atoms with Crippen LogP contribution in [0.5, 0.6) is 0 Å². The zero-order valence-electron chi connectivity index (χ0n) is 9.59. The molecule has 2 N–H and O–H groups in total. The van der Waals surface area contributed by atoms with E-state index in [2.05, 4.69) is 29.1 Å². The van der Waals surface area contributed by atoms with Gasteiger partial charge in [-0.05, 0) is 20.3 Å². The fourth-order valence-corrected chi connectivity index (χ4v) is 2.31. The Kier molecular flexibility index (Phi) is 2.75. The highest BCUT2D eigenvalue weighted by Gasteiger charge is 2.35. The molecule has 1 aromatic heterocycles. The third-order valence-electron chi connectivity index (χ3n) is 3.07. The van der Waals surface area contributed by atoms with E-state index in [1.807, 2.05) is 13.2 Å². The lowest BCUT2D eigenvalue weighted by molar-refractivity contribution is 0.194. The van der Waals surface area contributed by atoms with Crippen molar-refractivity contribution in [2.75, 3.05) is 6.54 Å². The summed E-state index contributed by atoms with van der Waals surface area (Å²) >= 11 is 0. The van der Waals surface area contributed by atoms with Crippen LogP contribution in [0.15, 0.2) is 6.20 Å². The Bertz CT molecular complexity index is 332. The largest absolute Gasteiger partial charge is 0.326 e. The second-order valence-corrected chi connectivity index (χ2v) is 4.55. The van der Waals surface area contributed by atoms with Crippen LogP contribution in [0, 0.1) is 0 Å². The number of hydrogen-bond acceptors (Lipinski definition) is 4. The highest BCUT2D eigenvalue weighted by atomic mass is 15.4. The third-order valence-corrected chi connectivity index (χ3v) is 3.07. The van der Waals surface area contributed by atoms with Crippen molar-refractivity contribution in [3.05, 3.63) is 11.9 Å². The van der Waals surface area contributed by atoms with Crippen molar-refractivity contribution in [1.29, 1.82) is 0 Å². The van der Waals surface area contributed by atoms with Crippen LogP contribution in [0.1, 0.15) is 32.0 Å². The molecule has 15 heavy (non-hydrogen) atoms. The van der Waals surface area contributed by atoms with Gasteiger partial charge in [-0.1, -0.05) is 5.21 Å². The Labute approximate surface area is 90.2 Å². The molecule has 5 heteroatoms. The predicted octanol–water partition coefficient (Wildman–Crippen LogP) is 0.298. The Morgan fingerprint density at radius 3 is 2.80 bits per heavy atom. The standard InChI is InChI=1S/C10H19N5/c1-7(2)15-5-4-8(11)10(15)9-6-14(3)13-12-9/h6-8,10H,4-5,11H2,1-3H3/t8-,10-/m1/s1. The molecule has 0 amide bonds. The third kappa shape index (κ3) is 1.89. The summed E-state index contributed by atoms with van der Waals surface area (Å²) in [6, 6.07) is 0.924. The van der Waals surface area contributed by atoms with E-state index in [9.17, 15) is 0 Å². The van der Waals surface area contributed by atoms with E-state index in [1.54, 1.807) is 4.68 Å². The molecule has 1 aliphatic rings. The molecule has 2 atom stereocenters. The molecule has 0 aromatic carbocycles. The first-order valence-electron chi connectivity index (χ1n) is 5.47. The van der Waals surface area contributed by atoms with Gasteiger partial charge >= 0.3 is 0 Å². The smallest absolute Gasteiger partial charge is 0.101 e. The number of nitrogens with two attached hydrogens (primary N) is 1. The van der Waals surface area contributed by atoms with Crippen LogP contribution >= 0.6 is 0 Å². The maximum atomic E-state index is 6.13. The van der Waals surface area contributed by atoms with Crippen LogP contribution in [-0.4, -0.2) is 38.5 Å². The molecular weight excluding hydrogens is 190 g/mol. The summed E-state index contributed by atoms with van der Waals surface area (Å²) in [6.07, 6.45) is 3.00. The Balaban J connectivity index is 2.24. The van der Waals surface area contributed by atoms with Gasteiger partial charge in [0, 0.05) is 31.9 Å². The van der Waals surface area contributed by atoms with Gasteiger partial charge in [0.15, 0.2) is 0 Å². The molecule has 1 aromatic rings. The van der Waals surface area contributed by atoms with E-state index in [1.165, 1.54) is 0 Å². The summed E-state index contributed by atoms with van der Waals surface area (Å²) in [5.41, 5.74) is 7.13. The van der Waals surface area contributed by atoms with E-state index in [-0.39, 0.29) is 12.1 Å². The van der Waals surface area contributed by atoms with Gasteiger partial charge in [0.05, 0.1) is 6.04 Å². The quantitative estimate of drug-likeness (QED) is 0.761. The molecule has 0 bridgehead atoms. The number of likely N-dealkylation sites (tertiary alicyclic amines) is 1. The van der Waals surface area contributed by atoms with Crippen molar-refractivity contribution < 1.29 is 0 Å². The lowest BCUT2D eigenvalue weighted by Crippen LogP contribution is -2.36. The zero-order chi connectivity index (χ0) is 11.0. The van der Waals surface area contributed by atoms with Crippen LogP contribution in [0.4, 0.5) is 0 Å². The van der Waals surface area contributed by atoms with Gasteiger partial charge in [-0.2, -0.15) is 0 Å². The molecule has 1 aliphatic heterocycles. The Morgan fingerprint density at radius 2 is 2.27 bits per heavy atom. The van der Waals surface area contributed by atoms with Gasteiger partial charge in [-0.15, -0.1) is 5.10 Å². The maximum Gasteiger partial charge on any atom is 0.101 e. The molecule has 84 valence electrons. The van der Waals surface area contributed by atoms with Gasteiger partial charge in [0.1, 0.15) is 5.69 Å². The molecule has 0 radical (unpaired) electrons. The van der Waals surface area contributed by atoms with Crippen LogP contribution in [0.2, 0.25) is 0 Å². The molecule has 1 saturated heterocycles. The minimum Gasteiger partial charge on any atom is -0.326 e. The molecule has 0 saturated carbocycles. The van der Waals surface area contributed by atoms with Crippen molar-refractivity contribution >= 4 is 0 Å². The van der Waals surface area contributed by atoms with Gasteiger partial charge < -0.3 is 5.73 Å². The van der Waals surface area contributed by atoms with E-state index in [0.717, 1.165) is 18.7 Å². The topological polar surface area (TPSA) is 60.0 Å². The molecule has 0 spiro atoms. The molecule has 2 rings (SSSR count). The van der Waals surface area contributed by atoms with Crippen molar-refractivity contribution in [1.82, 2.24) is 19.9 Å². The first-order valence-corrected chi connectivity index (χ1v) is 5.47. The Morgan fingerprint density at radius 1 is 1.53 bits per heavy atom. The minimum atomic E-state index is 0.184. The number of aromatic nitrogens is 3. The first-order chi connectivity index (χ1) is 7.09. The number of rotatable bonds is 2. The van der Waals surface area contributed by atoms with Crippen molar-refractivity contribution in [3.63, 3.8) is 0 Å². The highest BCUT2D eigenvalue weighted by molar-refractivity contribution is 5.09. The normalized spacial score (nSPS) is 27.8. The van der Waals surface area contributed by atoms with Gasteiger partial charge in [-0.25, -0.2) is 0 Å². The molecule has 0 unspecified atom stereocenters. The van der Waals surface area contributed by atoms with E-state index in [4.69, 9.17) is 5.73 Å². The summed E-state index contributed by atoms with van der Waals surface area (Å²) in [7, 11) is 1.89. The van der Waals surface area contributed by atoms with Gasteiger partial charge in [0.2, 0.25) is 0 Å². The summed E-state index contributed by atoms with van der Waals surface area (Å²) in [5, 5.41) is 8.15. The summed E-state index contributed by atoms with van der Waals surface area (Å²) in [5.74, 6) is 0. The summed E-state index contributed by atoms with van der Waals surface area (Å²) in [4.78, 5) is 2.40. The number of nitrogens with zero attached hydrogens (tertiary/aromatic N) is 4. The SMILES string of the molecule is CC(C)N1CC[C@@H](N)[C@@H]1c1cn(C)nn1. The average Bonchev–Trinajstić information content (AvgIpc) is 2.71. The maximum absolute atomic E-state index is 6.13.